The van der Waals surface area contributed by atoms with Crippen LogP contribution in [0.2, 0.25) is 0 Å². The number of benzene rings is 1. The number of rotatable bonds is 2. The van der Waals surface area contributed by atoms with Gasteiger partial charge in [0.1, 0.15) is 0 Å². The molecule has 0 fully saturated rings. The quantitative estimate of drug-likeness (QED) is 0.542. The number of hydrogen-bond acceptors (Lipinski definition) is 2. The first kappa shape index (κ1) is 9.69. The second-order valence-electron chi connectivity index (χ2n) is 3.58. The smallest absolute Gasteiger partial charge is 0.235 e. The van der Waals surface area contributed by atoms with Gasteiger partial charge in [-0.25, -0.2) is 4.79 Å². The zero-order valence-corrected chi connectivity index (χ0v) is 8.77. The Morgan fingerprint density at radius 1 is 1.40 bits per heavy atom. The van der Waals surface area contributed by atoms with Crippen molar-refractivity contribution in [2.75, 3.05) is 0 Å². The van der Waals surface area contributed by atoms with E-state index >= 15 is 0 Å². The van der Waals surface area contributed by atoms with Gasteiger partial charge in [0, 0.05) is 18.3 Å². The third-order valence-electron chi connectivity index (χ3n) is 2.66. The van der Waals surface area contributed by atoms with Crippen LogP contribution in [0.25, 0.3) is 10.9 Å². The van der Waals surface area contributed by atoms with Crippen LogP contribution >= 0.6 is 0 Å². The second kappa shape index (κ2) is 3.71. The van der Waals surface area contributed by atoms with Crippen molar-refractivity contribution in [1.82, 2.24) is 4.57 Å². The van der Waals surface area contributed by atoms with Gasteiger partial charge in [-0.05, 0) is 24.4 Å². The molecule has 0 aliphatic heterocycles. The summed E-state index contributed by atoms with van der Waals surface area (Å²) in [7, 11) is 1.98. The number of hydrogen-bond donors (Lipinski definition) is 0. The lowest BCUT2D eigenvalue weighted by molar-refractivity contribution is 0.558. The van der Waals surface area contributed by atoms with Crippen LogP contribution in [0.5, 0.6) is 0 Å². The van der Waals surface area contributed by atoms with E-state index < -0.39 is 0 Å². The van der Waals surface area contributed by atoms with Gasteiger partial charge in [-0.2, -0.15) is 4.99 Å². The Hall–Kier alpha value is -1.86. The summed E-state index contributed by atoms with van der Waals surface area (Å²) in [5, 5.41) is 1.17. The predicted molar refractivity (Wildman–Crippen MR) is 59.5 cm³/mol. The average Bonchev–Trinajstić information content (AvgIpc) is 2.57. The van der Waals surface area contributed by atoms with Gasteiger partial charge in [0.25, 0.3) is 0 Å². The lowest BCUT2D eigenvalue weighted by Gasteiger charge is -2.06. The molecule has 2 rings (SSSR count). The van der Waals surface area contributed by atoms with Gasteiger partial charge in [-0.3, -0.25) is 0 Å². The number of carbonyl (C=O) groups excluding carboxylic acids is 1. The summed E-state index contributed by atoms with van der Waals surface area (Å²) in [5.74, 6) is 0. The fourth-order valence-corrected chi connectivity index (χ4v) is 1.86. The summed E-state index contributed by atoms with van der Waals surface area (Å²) in [6.45, 7) is 1.89. The summed E-state index contributed by atoms with van der Waals surface area (Å²) >= 11 is 0. The van der Waals surface area contributed by atoms with Crippen molar-refractivity contribution < 1.29 is 4.79 Å². The molecule has 3 nitrogen and oxygen atoms in total. The molecule has 0 radical (unpaired) electrons. The maximum Gasteiger partial charge on any atom is 0.235 e. The fourth-order valence-electron chi connectivity index (χ4n) is 1.86. The van der Waals surface area contributed by atoms with Gasteiger partial charge >= 0.3 is 0 Å². The third kappa shape index (κ3) is 1.58. The van der Waals surface area contributed by atoms with Crippen molar-refractivity contribution in [2.45, 2.75) is 13.0 Å². The van der Waals surface area contributed by atoms with E-state index in [0.717, 1.165) is 11.2 Å². The number of aromatic nitrogens is 1. The Kier molecular flexibility index (Phi) is 2.40. The monoisotopic (exact) mass is 200 g/mol. The average molecular weight is 200 g/mol. The lowest BCUT2D eigenvalue weighted by atomic mass is 10.2. The van der Waals surface area contributed by atoms with Crippen LogP contribution in [0.15, 0.2) is 35.3 Å². The first-order valence-corrected chi connectivity index (χ1v) is 4.85. The Balaban J connectivity index is 2.62. The van der Waals surface area contributed by atoms with Gasteiger partial charge in [-0.15, -0.1) is 0 Å². The van der Waals surface area contributed by atoms with Gasteiger partial charge in [0.05, 0.1) is 6.04 Å². The van der Waals surface area contributed by atoms with E-state index in [1.807, 2.05) is 26.1 Å². The van der Waals surface area contributed by atoms with Gasteiger partial charge < -0.3 is 4.57 Å². The van der Waals surface area contributed by atoms with Crippen LogP contribution in [0.1, 0.15) is 18.7 Å². The highest BCUT2D eigenvalue weighted by Crippen LogP contribution is 2.24. The minimum Gasteiger partial charge on any atom is -0.346 e. The van der Waals surface area contributed by atoms with Crippen LogP contribution in [0.4, 0.5) is 0 Å². The molecule has 1 unspecified atom stereocenters. The highest BCUT2D eigenvalue weighted by molar-refractivity contribution is 5.81. The molecule has 0 spiro atoms. The molecule has 1 atom stereocenters. The first-order chi connectivity index (χ1) is 7.24. The topological polar surface area (TPSA) is 34.4 Å². The third-order valence-corrected chi connectivity index (χ3v) is 2.66. The summed E-state index contributed by atoms with van der Waals surface area (Å²) in [4.78, 5) is 13.9. The second-order valence-corrected chi connectivity index (χ2v) is 3.58. The van der Waals surface area contributed by atoms with Crippen molar-refractivity contribution in [2.24, 2.45) is 12.0 Å². The summed E-state index contributed by atoms with van der Waals surface area (Å²) in [5.41, 5.74) is 2.18. The first-order valence-electron chi connectivity index (χ1n) is 4.85. The van der Waals surface area contributed by atoms with Crippen LogP contribution in [0, 0.1) is 0 Å². The Morgan fingerprint density at radius 2 is 2.13 bits per heavy atom. The Labute approximate surface area is 88.0 Å². The highest BCUT2D eigenvalue weighted by atomic mass is 16.1. The van der Waals surface area contributed by atoms with E-state index in [4.69, 9.17) is 0 Å². The molecular weight excluding hydrogens is 188 g/mol. The maximum atomic E-state index is 10.2. The molecular formula is C12H12N2O. The van der Waals surface area contributed by atoms with Crippen LogP contribution in [0.3, 0.4) is 0 Å². The largest absolute Gasteiger partial charge is 0.346 e. The lowest BCUT2D eigenvalue weighted by Crippen LogP contribution is -1.98. The number of nitrogens with zero attached hydrogens (tertiary/aromatic N) is 2. The molecule has 15 heavy (non-hydrogen) atoms. The number of aliphatic imine (C=N–C) groups is 1. The van der Waals surface area contributed by atoms with Crippen LogP contribution in [-0.4, -0.2) is 10.6 Å². The number of aryl methyl sites for hydroxylation is 1. The van der Waals surface area contributed by atoms with Crippen LogP contribution in [-0.2, 0) is 11.8 Å². The molecule has 0 bridgehead atoms. The molecule has 0 aliphatic rings. The molecule has 0 saturated carbocycles. The van der Waals surface area contributed by atoms with Crippen molar-refractivity contribution >= 4 is 17.0 Å². The zero-order chi connectivity index (χ0) is 10.8. The maximum absolute atomic E-state index is 10.2. The van der Waals surface area contributed by atoms with Gasteiger partial charge in [-0.1, -0.05) is 18.2 Å². The van der Waals surface area contributed by atoms with Crippen molar-refractivity contribution in [1.29, 1.82) is 0 Å². The van der Waals surface area contributed by atoms with Crippen LogP contribution < -0.4 is 0 Å². The molecule has 0 aliphatic carbocycles. The van der Waals surface area contributed by atoms with E-state index in [9.17, 15) is 4.79 Å². The molecule has 0 N–H and O–H groups in total. The summed E-state index contributed by atoms with van der Waals surface area (Å²) in [6.07, 6.45) is 1.60. The van der Waals surface area contributed by atoms with E-state index in [2.05, 4.69) is 27.8 Å². The van der Waals surface area contributed by atoms with Crippen molar-refractivity contribution in [3.8, 4) is 0 Å². The highest BCUT2D eigenvalue weighted by Gasteiger charge is 2.10. The van der Waals surface area contributed by atoms with E-state index in [0.29, 0.717) is 0 Å². The zero-order valence-electron chi connectivity index (χ0n) is 8.77. The number of para-hydroxylation sites is 1. The molecule has 1 aromatic carbocycles. The number of fused-ring (bicyclic) bond motifs is 1. The van der Waals surface area contributed by atoms with E-state index in [1.54, 1.807) is 6.08 Å². The Morgan fingerprint density at radius 3 is 2.80 bits per heavy atom. The van der Waals surface area contributed by atoms with Crippen molar-refractivity contribution in [3.63, 3.8) is 0 Å². The molecule has 0 amide bonds. The molecule has 3 heteroatoms. The minimum absolute atomic E-state index is 0.139. The normalized spacial score (nSPS) is 12.4. The summed E-state index contributed by atoms with van der Waals surface area (Å²) < 4.78 is 2.06. The fraction of sp³-hybridized carbons (Fsp3) is 0.250. The molecule has 2 aromatic rings. The predicted octanol–water partition coefficient (Wildman–Crippen LogP) is 2.58. The summed E-state index contributed by atoms with van der Waals surface area (Å²) in [6, 6.07) is 10.0. The SMILES string of the molecule is CC(N=C=O)c1cc2ccccc2n1C. The molecule has 0 saturated heterocycles. The standard InChI is InChI=1S/C12H12N2O/c1-9(13-8-15)12-7-10-5-3-4-6-11(10)14(12)2/h3-7,9H,1-2H3. The van der Waals surface area contributed by atoms with Crippen molar-refractivity contribution in [3.05, 3.63) is 36.0 Å². The Bertz CT molecular complexity index is 536. The van der Waals surface area contributed by atoms with Gasteiger partial charge in [0.2, 0.25) is 6.08 Å². The molecule has 76 valence electrons. The van der Waals surface area contributed by atoms with E-state index in [-0.39, 0.29) is 6.04 Å². The van der Waals surface area contributed by atoms with E-state index in [1.165, 1.54) is 5.39 Å². The minimum atomic E-state index is -0.139. The molecule has 1 aromatic heterocycles. The molecule has 1 heterocycles. The number of isocyanates is 1. The van der Waals surface area contributed by atoms with Gasteiger partial charge in [0.15, 0.2) is 0 Å².